The lowest BCUT2D eigenvalue weighted by Gasteiger charge is -2.48. The van der Waals surface area contributed by atoms with E-state index in [2.05, 4.69) is 20.5 Å². The molecule has 144 valence electrons. The predicted octanol–water partition coefficient (Wildman–Crippen LogP) is 2.69. The summed E-state index contributed by atoms with van der Waals surface area (Å²) in [5, 5.41) is 6.87. The fourth-order valence-electron chi connectivity index (χ4n) is 3.97. The summed E-state index contributed by atoms with van der Waals surface area (Å²) in [6, 6.07) is 3.15. The summed E-state index contributed by atoms with van der Waals surface area (Å²) in [5.74, 6) is 0.446. The molecular weight excluding hydrogens is 352 g/mol. The molecule has 2 fully saturated rings. The zero-order valence-corrected chi connectivity index (χ0v) is 16.2. The summed E-state index contributed by atoms with van der Waals surface area (Å²) in [6.45, 7) is 6.31. The SMILES string of the molecule is CC(NCC1(N2CCOCC2)CCCCC1)C(=O)Nc1ccc(Cl)cn1. The number of aromatic nitrogens is 1. The van der Waals surface area contributed by atoms with Gasteiger partial charge in [0.25, 0.3) is 0 Å². The molecule has 0 bridgehead atoms. The Morgan fingerprint density at radius 2 is 2.04 bits per heavy atom. The first-order valence-corrected chi connectivity index (χ1v) is 9.95. The van der Waals surface area contributed by atoms with Crippen LogP contribution in [0.25, 0.3) is 0 Å². The number of rotatable bonds is 6. The summed E-state index contributed by atoms with van der Waals surface area (Å²) in [6.07, 6.45) is 7.73. The average Bonchev–Trinajstić information content (AvgIpc) is 2.69. The number of carbonyl (C=O) groups excluding carboxylic acids is 1. The number of pyridine rings is 1. The van der Waals surface area contributed by atoms with Crippen LogP contribution in [0.15, 0.2) is 18.3 Å². The number of carbonyl (C=O) groups is 1. The average molecular weight is 381 g/mol. The van der Waals surface area contributed by atoms with Crippen LogP contribution in [0, 0.1) is 0 Å². The van der Waals surface area contributed by atoms with Crippen molar-refractivity contribution < 1.29 is 9.53 Å². The molecular formula is C19H29ClN4O2. The third kappa shape index (κ3) is 4.94. The summed E-state index contributed by atoms with van der Waals surface area (Å²) >= 11 is 5.83. The molecule has 1 aromatic heterocycles. The first-order valence-electron chi connectivity index (χ1n) is 9.58. The van der Waals surface area contributed by atoms with Crippen LogP contribution in [0.4, 0.5) is 5.82 Å². The fraction of sp³-hybridized carbons (Fsp3) is 0.684. The quantitative estimate of drug-likeness (QED) is 0.794. The van der Waals surface area contributed by atoms with Gasteiger partial charge in [0, 0.05) is 31.4 Å². The summed E-state index contributed by atoms with van der Waals surface area (Å²) in [7, 11) is 0. The molecule has 1 saturated carbocycles. The van der Waals surface area contributed by atoms with Gasteiger partial charge in [-0.2, -0.15) is 0 Å². The van der Waals surface area contributed by atoms with E-state index in [0.717, 1.165) is 32.8 Å². The Bertz CT molecular complexity index is 584. The van der Waals surface area contributed by atoms with Gasteiger partial charge in [-0.3, -0.25) is 9.69 Å². The zero-order chi connectivity index (χ0) is 18.4. The summed E-state index contributed by atoms with van der Waals surface area (Å²) < 4.78 is 5.53. The van der Waals surface area contributed by atoms with Gasteiger partial charge in [0.15, 0.2) is 0 Å². The smallest absolute Gasteiger partial charge is 0.242 e. The van der Waals surface area contributed by atoms with E-state index in [1.807, 2.05) is 6.92 Å². The first kappa shape index (κ1) is 19.5. The number of hydrogen-bond donors (Lipinski definition) is 2. The van der Waals surface area contributed by atoms with E-state index in [4.69, 9.17) is 16.3 Å². The van der Waals surface area contributed by atoms with Crippen molar-refractivity contribution in [2.75, 3.05) is 38.2 Å². The van der Waals surface area contributed by atoms with Gasteiger partial charge in [-0.05, 0) is 31.9 Å². The third-order valence-corrected chi connectivity index (χ3v) is 5.80. The van der Waals surface area contributed by atoms with Gasteiger partial charge in [0.05, 0.1) is 24.3 Å². The maximum absolute atomic E-state index is 12.5. The number of nitrogens with one attached hydrogen (secondary N) is 2. The third-order valence-electron chi connectivity index (χ3n) is 5.58. The number of nitrogens with zero attached hydrogens (tertiary/aromatic N) is 2. The Morgan fingerprint density at radius 1 is 1.31 bits per heavy atom. The van der Waals surface area contributed by atoms with Gasteiger partial charge in [-0.1, -0.05) is 30.9 Å². The Kier molecular flexibility index (Phi) is 6.86. The molecule has 1 aliphatic carbocycles. The predicted molar refractivity (Wildman–Crippen MR) is 104 cm³/mol. The van der Waals surface area contributed by atoms with E-state index in [1.165, 1.54) is 38.3 Å². The van der Waals surface area contributed by atoms with Crippen molar-refractivity contribution in [1.29, 1.82) is 0 Å². The highest BCUT2D eigenvalue weighted by atomic mass is 35.5. The number of halogens is 1. The molecule has 1 aliphatic heterocycles. The van der Waals surface area contributed by atoms with Gasteiger partial charge < -0.3 is 15.4 Å². The van der Waals surface area contributed by atoms with E-state index in [-0.39, 0.29) is 17.5 Å². The zero-order valence-electron chi connectivity index (χ0n) is 15.5. The molecule has 1 unspecified atom stereocenters. The van der Waals surface area contributed by atoms with Crippen LogP contribution in [0.2, 0.25) is 5.02 Å². The summed E-state index contributed by atoms with van der Waals surface area (Å²) in [4.78, 5) is 19.2. The molecule has 2 heterocycles. The molecule has 1 aromatic rings. The maximum Gasteiger partial charge on any atom is 0.242 e. The number of morpholine rings is 1. The molecule has 7 heteroatoms. The largest absolute Gasteiger partial charge is 0.379 e. The van der Waals surface area contributed by atoms with Crippen molar-refractivity contribution in [3.8, 4) is 0 Å². The monoisotopic (exact) mass is 380 g/mol. The van der Waals surface area contributed by atoms with Gasteiger partial charge in [-0.25, -0.2) is 4.98 Å². The molecule has 1 amide bonds. The standard InChI is InChI=1S/C19H29ClN4O2/c1-15(18(25)23-17-6-5-16(20)13-21-17)22-14-19(7-3-2-4-8-19)24-9-11-26-12-10-24/h5-6,13,15,22H,2-4,7-12,14H2,1H3,(H,21,23,25). The van der Waals surface area contributed by atoms with Crippen LogP contribution in [-0.2, 0) is 9.53 Å². The van der Waals surface area contributed by atoms with Crippen molar-refractivity contribution in [3.05, 3.63) is 23.4 Å². The Hall–Kier alpha value is -1.21. The number of hydrogen-bond acceptors (Lipinski definition) is 5. The molecule has 1 atom stereocenters. The van der Waals surface area contributed by atoms with Crippen molar-refractivity contribution in [1.82, 2.24) is 15.2 Å². The van der Waals surface area contributed by atoms with Gasteiger partial charge in [0.2, 0.25) is 5.91 Å². The second-order valence-electron chi connectivity index (χ2n) is 7.34. The van der Waals surface area contributed by atoms with Crippen molar-refractivity contribution in [2.45, 2.75) is 50.6 Å². The highest BCUT2D eigenvalue weighted by Crippen LogP contribution is 2.34. The van der Waals surface area contributed by atoms with Gasteiger partial charge >= 0.3 is 0 Å². The second kappa shape index (κ2) is 9.13. The lowest BCUT2D eigenvalue weighted by molar-refractivity contribution is -0.118. The number of anilines is 1. The van der Waals surface area contributed by atoms with Crippen LogP contribution in [0.1, 0.15) is 39.0 Å². The van der Waals surface area contributed by atoms with Crippen LogP contribution in [-0.4, -0.2) is 60.2 Å². The van der Waals surface area contributed by atoms with Crippen molar-refractivity contribution in [3.63, 3.8) is 0 Å². The van der Waals surface area contributed by atoms with Crippen molar-refractivity contribution in [2.24, 2.45) is 0 Å². The maximum atomic E-state index is 12.5. The highest BCUT2D eigenvalue weighted by Gasteiger charge is 2.38. The second-order valence-corrected chi connectivity index (χ2v) is 7.77. The van der Waals surface area contributed by atoms with E-state index >= 15 is 0 Å². The normalized spacial score (nSPS) is 21.9. The fourth-order valence-corrected chi connectivity index (χ4v) is 4.08. The first-order chi connectivity index (χ1) is 12.6. The molecule has 3 rings (SSSR count). The molecule has 1 saturated heterocycles. The molecule has 2 aliphatic rings. The minimum atomic E-state index is -0.285. The number of ether oxygens (including phenoxy) is 1. The lowest BCUT2D eigenvalue weighted by Crippen LogP contribution is -2.60. The van der Waals surface area contributed by atoms with E-state index in [9.17, 15) is 4.79 Å². The van der Waals surface area contributed by atoms with Crippen LogP contribution < -0.4 is 10.6 Å². The Balaban J connectivity index is 1.57. The number of amides is 1. The Labute approximate surface area is 160 Å². The van der Waals surface area contributed by atoms with Gasteiger partial charge in [-0.15, -0.1) is 0 Å². The van der Waals surface area contributed by atoms with Crippen LogP contribution >= 0.6 is 11.6 Å². The minimum Gasteiger partial charge on any atom is -0.379 e. The van der Waals surface area contributed by atoms with Crippen LogP contribution in [0.3, 0.4) is 0 Å². The Morgan fingerprint density at radius 3 is 2.69 bits per heavy atom. The summed E-state index contributed by atoms with van der Waals surface area (Å²) in [5.41, 5.74) is 0.148. The minimum absolute atomic E-state index is 0.0761. The molecule has 0 aromatic carbocycles. The molecule has 6 nitrogen and oxygen atoms in total. The topological polar surface area (TPSA) is 66.5 Å². The van der Waals surface area contributed by atoms with Crippen LogP contribution in [0.5, 0.6) is 0 Å². The van der Waals surface area contributed by atoms with Gasteiger partial charge in [0.1, 0.15) is 5.82 Å². The molecule has 0 spiro atoms. The molecule has 0 radical (unpaired) electrons. The highest BCUT2D eigenvalue weighted by molar-refractivity contribution is 6.30. The molecule has 26 heavy (non-hydrogen) atoms. The lowest BCUT2D eigenvalue weighted by atomic mass is 9.79. The molecule has 2 N–H and O–H groups in total. The van der Waals surface area contributed by atoms with Crippen molar-refractivity contribution >= 4 is 23.3 Å². The van der Waals surface area contributed by atoms with E-state index < -0.39 is 0 Å². The van der Waals surface area contributed by atoms with E-state index in [1.54, 1.807) is 12.1 Å². The van der Waals surface area contributed by atoms with E-state index in [0.29, 0.717) is 10.8 Å².